The summed E-state index contributed by atoms with van der Waals surface area (Å²) in [5.41, 5.74) is 7.06. The lowest BCUT2D eigenvalue weighted by atomic mass is 10.1. The molecule has 0 saturated carbocycles. The quantitative estimate of drug-likeness (QED) is 0.803. The Morgan fingerprint density at radius 3 is 2.62 bits per heavy atom. The van der Waals surface area contributed by atoms with Crippen molar-refractivity contribution >= 4 is 23.4 Å². The van der Waals surface area contributed by atoms with Crippen molar-refractivity contribution in [2.75, 3.05) is 0 Å². The fraction of sp³-hybridized carbons (Fsp3) is 0.538. The van der Waals surface area contributed by atoms with Gasteiger partial charge < -0.3 is 5.73 Å². The highest BCUT2D eigenvalue weighted by atomic mass is 35.5. The van der Waals surface area contributed by atoms with Crippen molar-refractivity contribution in [3.63, 3.8) is 0 Å². The molecule has 1 rings (SSSR count). The van der Waals surface area contributed by atoms with Crippen LogP contribution in [0.25, 0.3) is 0 Å². The van der Waals surface area contributed by atoms with Crippen molar-refractivity contribution in [1.29, 1.82) is 0 Å². The van der Waals surface area contributed by atoms with E-state index in [-0.39, 0.29) is 6.04 Å². The number of benzene rings is 1. The summed E-state index contributed by atoms with van der Waals surface area (Å²) < 4.78 is 0. The Kier molecular flexibility index (Phi) is 5.67. The maximum atomic E-state index is 6.23. The first-order chi connectivity index (χ1) is 7.54. The van der Waals surface area contributed by atoms with E-state index in [2.05, 4.69) is 19.9 Å². The summed E-state index contributed by atoms with van der Waals surface area (Å²) in [5.74, 6) is 0. The normalized spacial score (nSPS) is 14.8. The van der Waals surface area contributed by atoms with Crippen molar-refractivity contribution < 1.29 is 0 Å². The molecule has 0 radical (unpaired) electrons. The molecule has 16 heavy (non-hydrogen) atoms. The number of halogens is 1. The van der Waals surface area contributed by atoms with E-state index in [1.807, 2.05) is 30.8 Å². The summed E-state index contributed by atoms with van der Waals surface area (Å²) in [5, 5.41) is 1.45. The number of nitrogens with two attached hydrogens (primary N) is 1. The Hall–Kier alpha value is -0.180. The van der Waals surface area contributed by atoms with Gasteiger partial charge in [-0.05, 0) is 37.5 Å². The number of hydrogen-bond acceptors (Lipinski definition) is 2. The molecule has 3 heteroatoms. The van der Waals surface area contributed by atoms with Crippen LogP contribution in [0.4, 0.5) is 0 Å². The zero-order chi connectivity index (χ0) is 12.1. The van der Waals surface area contributed by atoms with Crippen LogP contribution in [0.5, 0.6) is 0 Å². The third-order valence-electron chi connectivity index (χ3n) is 2.51. The van der Waals surface area contributed by atoms with Gasteiger partial charge in [0.2, 0.25) is 0 Å². The zero-order valence-corrected chi connectivity index (χ0v) is 11.7. The van der Waals surface area contributed by atoms with Crippen molar-refractivity contribution in [3.8, 4) is 0 Å². The highest BCUT2D eigenvalue weighted by Crippen LogP contribution is 2.32. The maximum absolute atomic E-state index is 6.23. The number of rotatable bonds is 5. The Bertz CT molecular complexity index is 339. The van der Waals surface area contributed by atoms with Gasteiger partial charge in [-0.15, -0.1) is 11.8 Å². The van der Waals surface area contributed by atoms with Crippen molar-refractivity contribution in [2.24, 2.45) is 5.73 Å². The lowest BCUT2D eigenvalue weighted by Gasteiger charge is -2.15. The minimum Gasteiger partial charge on any atom is -0.328 e. The van der Waals surface area contributed by atoms with Crippen LogP contribution in [0.3, 0.4) is 0 Å². The topological polar surface area (TPSA) is 26.0 Å². The minimum atomic E-state index is 0.149. The fourth-order valence-corrected chi connectivity index (χ4v) is 2.87. The predicted molar refractivity (Wildman–Crippen MR) is 74.4 cm³/mol. The lowest BCUT2D eigenvalue weighted by molar-refractivity contribution is 0.729. The molecule has 2 unspecified atom stereocenters. The second-order valence-electron chi connectivity index (χ2n) is 4.23. The SMILES string of the molecule is CCC(C)Sc1cccc(Cl)c1CC(C)N. The van der Waals surface area contributed by atoms with Crippen molar-refractivity contribution in [2.45, 2.75) is 49.8 Å². The molecular weight excluding hydrogens is 238 g/mol. The van der Waals surface area contributed by atoms with Crippen LogP contribution in [-0.4, -0.2) is 11.3 Å². The van der Waals surface area contributed by atoms with Gasteiger partial charge in [0.25, 0.3) is 0 Å². The van der Waals surface area contributed by atoms with Crippen LogP contribution in [-0.2, 0) is 6.42 Å². The fourth-order valence-electron chi connectivity index (χ4n) is 1.47. The first-order valence-corrected chi connectivity index (χ1v) is 7.00. The van der Waals surface area contributed by atoms with E-state index in [0.717, 1.165) is 17.9 Å². The van der Waals surface area contributed by atoms with E-state index < -0.39 is 0 Å². The molecule has 2 N–H and O–H groups in total. The van der Waals surface area contributed by atoms with Crippen LogP contribution >= 0.6 is 23.4 Å². The van der Waals surface area contributed by atoms with Crippen LogP contribution < -0.4 is 5.73 Å². The molecule has 0 aliphatic rings. The zero-order valence-electron chi connectivity index (χ0n) is 10.2. The Balaban J connectivity index is 2.93. The van der Waals surface area contributed by atoms with Crippen LogP contribution in [0, 0.1) is 0 Å². The summed E-state index contributed by atoms with van der Waals surface area (Å²) in [7, 11) is 0. The molecular formula is C13H20ClNS. The molecule has 0 aliphatic heterocycles. The molecule has 0 saturated heterocycles. The average molecular weight is 258 g/mol. The second-order valence-corrected chi connectivity index (χ2v) is 6.12. The largest absolute Gasteiger partial charge is 0.328 e. The van der Waals surface area contributed by atoms with Crippen LogP contribution in [0.15, 0.2) is 23.1 Å². The van der Waals surface area contributed by atoms with E-state index in [4.69, 9.17) is 17.3 Å². The van der Waals surface area contributed by atoms with E-state index in [9.17, 15) is 0 Å². The molecule has 0 heterocycles. The summed E-state index contributed by atoms with van der Waals surface area (Å²) in [4.78, 5) is 1.28. The van der Waals surface area contributed by atoms with Gasteiger partial charge in [0, 0.05) is 21.2 Å². The predicted octanol–water partition coefficient (Wildman–Crippen LogP) is 4.12. The van der Waals surface area contributed by atoms with Gasteiger partial charge >= 0.3 is 0 Å². The summed E-state index contributed by atoms with van der Waals surface area (Å²) in [6.07, 6.45) is 2.01. The summed E-state index contributed by atoms with van der Waals surface area (Å²) in [6.45, 7) is 6.45. The maximum Gasteiger partial charge on any atom is 0.0449 e. The van der Waals surface area contributed by atoms with Crippen molar-refractivity contribution in [1.82, 2.24) is 0 Å². The first-order valence-electron chi connectivity index (χ1n) is 5.74. The average Bonchev–Trinajstić information content (AvgIpc) is 2.22. The lowest BCUT2D eigenvalue weighted by Crippen LogP contribution is -2.18. The van der Waals surface area contributed by atoms with Gasteiger partial charge in [-0.3, -0.25) is 0 Å². The highest BCUT2D eigenvalue weighted by molar-refractivity contribution is 8.00. The van der Waals surface area contributed by atoms with E-state index in [0.29, 0.717) is 5.25 Å². The van der Waals surface area contributed by atoms with Crippen LogP contribution in [0.1, 0.15) is 32.8 Å². The van der Waals surface area contributed by atoms with Gasteiger partial charge in [0.1, 0.15) is 0 Å². The molecule has 0 spiro atoms. The van der Waals surface area contributed by atoms with Gasteiger partial charge in [-0.25, -0.2) is 0 Å². The molecule has 0 aromatic heterocycles. The molecule has 1 aromatic rings. The molecule has 0 fully saturated rings. The van der Waals surface area contributed by atoms with E-state index in [1.54, 1.807) is 0 Å². The Morgan fingerprint density at radius 1 is 1.38 bits per heavy atom. The monoisotopic (exact) mass is 257 g/mol. The third-order valence-corrected chi connectivity index (χ3v) is 4.23. The number of hydrogen-bond donors (Lipinski definition) is 1. The summed E-state index contributed by atoms with van der Waals surface area (Å²) >= 11 is 8.12. The number of thioether (sulfide) groups is 1. The molecule has 0 bridgehead atoms. The molecule has 1 aromatic carbocycles. The first kappa shape index (κ1) is 13.9. The van der Waals surface area contributed by atoms with E-state index >= 15 is 0 Å². The molecule has 90 valence electrons. The van der Waals surface area contributed by atoms with Gasteiger partial charge in [-0.1, -0.05) is 31.5 Å². The molecule has 0 aliphatic carbocycles. The van der Waals surface area contributed by atoms with E-state index in [1.165, 1.54) is 10.5 Å². The van der Waals surface area contributed by atoms with Gasteiger partial charge in [0.15, 0.2) is 0 Å². The van der Waals surface area contributed by atoms with Crippen molar-refractivity contribution in [3.05, 3.63) is 28.8 Å². The Labute approximate surface area is 108 Å². The molecule has 2 atom stereocenters. The Morgan fingerprint density at radius 2 is 2.06 bits per heavy atom. The minimum absolute atomic E-state index is 0.149. The molecule has 1 nitrogen and oxygen atoms in total. The van der Waals surface area contributed by atoms with Gasteiger partial charge in [-0.2, -0.15) is 0 Å². The smallest absolute Gasteiger partial charge is 0.0449 e. The third kappa shape index (κ3) is 4.00. The molecule has 0 amide bonds. The highest BCUT2D eigenvalue weighted by Gasteiger charge is 2.11. The summed E-state index contributed by atoms with van der Waals surface area (Å²) in [6, 6.07) is 6.24. The van der Waals surface area contributed by atoms with Crippen LogP contribution in [0.2, 0.25) is 5.02 Å². The standard InChI is InChI=1S/C13H20ClNS/c1-4-10(3)16-13-7-5-6-12(14)11(13)8-9(2)15/h5-7,9-10H,4,8,15H2,1-3H3. The second kappa shape index (κ2) is 6.53. The van der Waals surface area contributed by atoms with Gasteiger partial charge in [0.05, 0.1) is 0 Å².